The largest absolute Gasteiger partial charge is 0.495 e. The molecule has 2 rings (SSSR count). The Kier molecular flexibility index (Phi) is 7.07. The summed E-state index contributed by atoms with van der Waals surface area (Å²) in [4.78, 5) is 24.2. The predicted octanol–water partition coefficient (Wildman–Crippen LogP) is 3.91. The Labute approximate surface area is 163 Å². The van der Waals surface area contributed by atoms with Crippen LogP contribution in [0.15, 0.2) is 36.4 Å². The fraction of sp³-hybridized carbons (Fsp3) is 0.300. The van der Waals surface area contributed by atoms with E-state index in [1.807, 2.05) is 32.0 Å². The molecule has 2 aromatic rings. The molecule has 0 aliphatic rings. The maximum absolute atomic E-state index is 12.2. The standard InChI is InChI=1S/C20H22ClNO5/c1-12-6-5-7-13(2)19(12)26-11-18(23)27-14(3)20(24)22-15-8-9-17(25-4)16(21)10-15/h5-10,14H,11H2,1-4H3,(H,22,24)/t14-/m1/s1. The summed E-state index contributed by atoms with van der Waals surface area (Å²) in [6.45, 7) is 4.99. The Bertz CT molecular complexity index is 817. The number of rotatable bonds is 7. The lowest BCUT2D eigenvalue weighted by atomic mass is 10.1. The van der Waals surface area contributed by atoms with Crippen molar-refractivity contribution in [3.05, 3.63) is 52.5 Å². The SMILES string of the molecule is COc1ccc(NC(=O)[C@@H](C)OC(=O)COc2c(C)cccc2C)cc1Cl. The van der Waals surface area contributed by atoms with E-state index < -0.39 is 18.0 Å². The summed E-state index contributed by atoms with van der Waals surface area (Å²) in [7, 11) is 1.50. The van der Waals surface area contributed by atoms with Crippen LogP contribution in [-0.2, 0) is 14.3 Å². The number of carbonyl (C=O) groups excluding carboxylic acids is 2. The van der Waals surface area contributed by atoms with Gasteiger partial charge in [-0.3, -0.25) is 4.79 Å². The van der Waals surface area contributed by atoms with Gasteiger partial charge < -0.3 is 19.5 Å². The maximum Gasteiger partial charge on any atom is 0.344 e. The summed E-state index contributed by atoms with van der Waals surface area (Å²) in [6.07, 6.45) is -0.986. The molecule has 1 N–H and O–H groups in total. The first-order valence-corrected chi connectivity index (χ1v) is 8.72. The van der Waals surface area contributed by atoms with Crippen LogP contribution in [-0.4, -0.2) is 31.7 Å². The minimum Gasteiger partial charge on any atom is -0.495 e. The number of para-hydroxylation sites is 1. The lowest BCUT2D eigenvalue weighted by Gasteiger charge is -2.15. The Morgan fingerprint density at radius 1 is 1.15 bits per heavy atom. The summed E-state index contributed by atoms with van der Waals surface area (Å²) in [5.41, 5.74) is 2.32. The second-order valence-corrected chi connectivity index (χ2v) is 6.39. The summed E-state index contributed by atoms with van der Waals surface area (Å²) in [6, 6.07) is 10.5. The number of halogens is 1. The van der Waals surface area contributed by atoms with Gasteiger partial charge >= 0.3 is 5.97 Å². The number of hydrogen-bond acceptors (Lipinski definition) is 5. The van der Waals surface area contributed by atoms with Gasteiger partial charge in [-0.25, -0.2) is 4.79 Å². The van der Waals surface area contributed by atoms with Crippen LogP contribution in [0.25, 0.3) is 0 Å². The van der Waals surface area contributed by atoms with Gasteiger partial charge in [0.1, 0.15) is 11.5 Å². The Morgan fingerprint density at radius 2 is 1.81 bits per heavy atom. The van der Waals surface area contributed by atoms with Crippen LogP contribution < -0.4 is 14.8 Å². The van der Waals surface area contributed by atoms with Gasteiger partial charge in [0.2, 0.25) is 0 Å². The molecule has 0 saturated heterocycles. The number of amides is 1. The molecule has 0 unspecified atom stereocenters. The van der Waals surface area contributed by atoms with Crippen LogP contribution in [0, 0.1) is 13.8 Å². The Hall–Kier alpha value is -2.73. The van der Waals surface area contributed by atoms with Crippen molar-refractivity contribution in [3.63, 3.8) is 0 Å². The third kappa shape index (κ3) is 5.62. The second kappa shape index (κ2) is 9.28. The number of nitrogens with one attached hydrogen (secondary N) is 1. The average Bonchev–Trinajstić information content (AvgIpc) is 2.61. The van der Waals surface area contributed by atoms with Crippen molar-refractivity contribution in [3.8, 4) is 11.5 Å². The van der Waals surface area contributed by atoms with Crippen LogP contribution in [0.5, 0.6) is 11.5 Å². The van der Waals surface area contributed by atoms with Gasteiger partial charge in [-0.2, -0.15) is 0 Å². The molecule has 27 heavy (non-hydrogen) atoms. The first kappa shape index (κ1) is 20.6. The zero-order valence-electron chi connectivity index (χ0n) is 15.7. The van der Waals surface area contributed by atoms with E-state index in [4.69, 9.17) is 25.8 Å². The Morgan fingerprint density at radius 3 is 2.41 bits per heavy atom. The third-order valence-electron chi connectivity index (χ3n) is 3.84. The minimum atomic E-state index is -0.986. The van der Waals surface area contributed by atoms with Gasteiger partial charge in [0.05, 0.1) is 12.1 Å². The highest BCUT2D eigenvalue weighted by atomic mass is 35.5. The third-order valence-corrected chi connectivity index (χ3v) is 4.14. The molecule has 0 radical (unpaired) electrons. The highest BCUT2D eigenvalue weighted by Crippen LogP contribution is 2.27. The Balaban J connectivity index is 1.88. The van der Waals surface area contributed by atoms with Crippen molar-refractivity contribution >= 4 is 29.2 Å². The van der Waals surface area contributed by atoms with Crippen LogP contribution >= 0.6 is 11.6 Å². The molecule has 0 saturated carbocycles. The zero-order valence-corrected chi connectivity index (χ0v) is 16.4. The number of ether oxygens (including phenoxy) is 3. The highest BCUT2D eigenvalue weighted by Gasteiger charge is 2.19. The number of methoxy groups -OCH3 is 1. The molecule has 1 amide bonds. The number of aryl methyl sites for hydroxylation is 2. The van der Waals surface area contributed by atoms with Crippen molar-refractivity contribution in [2.24, 2.45) is 0 Å². The maximum atomic E-state index is 12.2. The quantitative estimate of drug-likeness (QED) is 0.724. The first-order chi connectivity index (χ1) is 12.8. The van der Waals surface area contributed by atoms with E-state index in [-0.39, 0.29) is 6.61 Å². The predicted molar refractivity (Wildman–Crippen MR) is 104 cm³/mol. The fourth-order valence-corrected chi connectivity index (χ4v) is 2.69. The summed E-state index contributed by atoms with van der Waals surface area (Å²) >= 11 is 6.02. The van der Waals surface area contributed by atoms with Crippen molar-refractivity contribution in [2.75, 3.05) is 19.0 Å². The van der Waals surface area contributed by atoms with Gasteiger partial charge in [-0.05, 0) is 50.1 Å². The molecule has 0 aromatic heterocycles. The first-order valence-electron chi connectivity index (χ1n) is 8.34. The molecule has 0 fully saturated rings. The van der Waals surface area contributed by atoms with E-state index in [0.29, 0.717) is 22.2 Å². The normalized spacial score (nSPS) is 11.4. The second-order valence-electron chi connectivity index (χ2n) is 5.98. The molecule has 0 aliphatic carbocycles. The van der Waals surface area contributed by atoms with Gasteiger partial charge in [-0.1, -0.05) is 29.8 Å². The number of carbonyl (C=O) groups is 2. The number of esters is 1. The molecular weight excluding hydrogens is 370 g/mol. The van der Waals surface area contributed by atoms with Gasteiger partial charge in [-0.15, -0.1) is 0 Å². The molecule has 0 bridgehead atoms. The van der Waals surface area contributed by atoms with E-state index in [1.54, 1.807) is 18.2 Å². The molecule has 0 heterocycles. The van der Waals surface area contributed by atoms with Crippen LogP contribution in [0.4, 0.5) is 5.69 Å². The lowest BCUT2D eigenvalue weighted by Crippen LogP contribution is -2.31. The smallest absolute Gasteiger partial charge is 0.344 e. The number of hydrogen-bond donors (Lipinski definition) is 1. The molecule has 6 nitrogen and oxygen atoms in total. The van der Waals surface area contributed by atoms with Gasteiger partial charge in [0, 0.05) is 5.69 Å². The molecule has 0 spiro atoms. The molecule has 0 aliphatic heterocycles. The average molecular weight is 392 g/mol. The van der Waals surface area contributed by atoms with Crippen molar-refractivity contribution < 1.29 is 23.8 Å². The summed E-state index contributed by atoms with van der Waals surface area (Å²) < 4.78 is 15.7. The summed E-state index contributed by atoms with van der Waals surface area (Å²) in [5, 5.41) is 3.00. The van der Waals surface area contributed by atoms with Gasteiger partial charge in [0.15, 0.2) is 12.7 Å². The van der Waals surface area contributed by atoms with Crippen LogP contribution in [0.3, 0.4) is 0 Å². The lowest BCUT2D eigenvalue weighted by molar-refractivity contribution is -0.155. The van der Waals surface area contributed by atoms with E-state index in [9.17, 15) is 9.59 Å². The molecule has 1 atom stereocenters. The van der Waals surface area contributed by atoms with Crippen LogP contribution in [0.1, 0.15) is 18.1 Å². The molecule has 7 heteroatoms. The zero-order chi connectivity index (χ0) is 20.0. The van der Waals surface area contributed by atoms with Crippen molar-refractivity contribution in [1.82, 2.24) is 0 Å². The van der Waals surface area contributed by atoms with Crippen LogP contribution in [0.2, 0.25) is 5.02 Å². The van der Waals surface area contributed by atoms with Gasteiger partial charge in [0.25, 0.3) is 5.91 Å². The summed E-state index contributed by atoms with van der Waals surface area (Å²) in [5.74, 6) is 0.0296. The monoisotopic (exact) mass is 391 g/mol. The van der Waals surface area contributed by atoms with E-state index in [2.05, 4.69) is 5.32 Å². The number of anilines is 1. The molecule has 144 valence electrons. The molecule has 2 aromatic carbocycles. The van der Waals surface area contributed by atoms with Crippen molar-refractivity contribution in [2.45, 2.75) is 26.9 Å². The van der Waals surface area contributed by atoms with E-state index in [0.717, 1.165) is 11.1 Å². The minimum absolute atomic E-state index is 0.280. The van der Waals surface area contributed by atoms with E-state index in [1.165, 1.54) is 14.0 Å². The molecular formula is C20H22ClNO5. The topological polar surface area (TPSA) is 73.9 Å². The number of benzene rings is 2. The van der Waals surface area contributed by atoms with Crippen molar-refractivity contribution in [1.29, 1.82) is 0 Å². The highest BCUT2D eigenvalue weighted by molar-refractivity contribution is 6.32. The fourth-order valence-electron chi connectivity index (χ4n) is 2.43. The van der Waals surface area contributed by atoms with E-state index >= 15 is 0 Å².